The van der Waals surface area contributed by atoms with E-state index in [1.807, 2.05) is 0 Å². The Balaban J connectivity index is 1.73. The minimum atomic E-state index is -1.05. The molecule has 0 fully saturated rings. The number of amides is 1. The summed E-state index contributed by atoms with van der Waals surface area (Å²) in [5.41, 5.74) is 5.67. The Morgan fingerprint density at radius 3 is 2.38 bits per heavy atom. The molecule has 2 heterocycles. The first-order valence-electron chi connectivity index (χ1n) is 11.0. The van der Waals surface area contributed by atoms with Gasteiger partial charge in [-0.2, -0.15) is 0 Å². The minimum Gasteiger partial charge on any atom is -0.496 e. The van der Waals surface area contributed by atoms with Crippen molar-refractivity contribution in [2.45, 2.75) is 0 Å². The maximum atomic E-state index is 15.1. The fourth-order valence-corrected chi connectivity index (χ4v) is 3.62. The highest BCUT2D eigenvalue weighted by molar-refractivity contribution is 6.01. The van der Waals surface area contributed by atoms with Crippen LogP contribution in [-0.2, 0) is 0 Å². The zero-order valence-corrected chi connectivity index (χ0v) is 20.2. The van der Waals surface area contributed by atoms with Crippen LogP contribution in [-0.4, -0.2) is 55.3 Å². The van der Waals surface area contributed by atoms with Gasteiger partial charge in [-0.05, 0) is 31.3 Å². The van der Waals surface area contributed by atoms with Gasteiger partial charge in [0.15, 0.2) is 23.1 Å². The lowest BCUT2D eigenvalue weighted by Crippen LogP contribution is -2.16. The molecule has 0 saturated carbocycles. The second-order valence-electron chi connectivity index (χ2n) is 7.62. The number of rotatable bonds is 10. The average Bonchev–Trinajstić information content (AvgIpc) is 2.89. The van der Waals surface area contributed by atoms with E-state index in [4.69, 9.17) is 24.7 Å². The van der Waals surface area contributed by atoms with Crippen molar-refractivity contribution in [3.8, 4) is 40.1 Å². The summed E-state index contributed by atoms with van der Waals surface area (Å²) in [6.45, 7) is 0.995. The Labute approximate surface area is 210 Å². The average molecular weight is 511 g/mol. The van der Waals surface area contributed by atoms with Crippen LogP contribution in [0.25, 0.3) is 22.2 Å². The van der Waals surface area contributed by atoms with E-state index in [-0.39, 0.29) is 28.5 Å². The number of hydrogen-bond donors (Lipinski definition) is 2. The quantitative estimate of drug-likeness (QED) is 0.307. The molecule has 2 aromatic heterocycles. The Bertz CT molecular complexity index is 1440. The van der Waals surface area contributed by atoms with Crippen molar-refractivity contribution in [1.82, 2.24) is 20.3 Å². The van der Waals surface area contributed by atoms with E-state index in [0.29, 0.717) is 35.6 Å². The predicted molar refractivity (Wildman–Crippen MR) is 130 cm³/mol. The highest BCUT2D eigenvalue weighted by Gasteiger charge is 2.22. The summed E-state index contributed by atoms with van der Waals surface area (Å²) in [5, 5.41) is 3.31. The van der Waals surface area contributed by atoms with Gasteiger partial charge in [0, 0.05) is 24.4 Å². The van der Waals surface area contributed by atoms with Crippen LogP contribution in [0.3, 0.4) is 0 Å². The molecule has 192 valence electrons. The standard InChI is InChI=1S/C25H23F2N5O5/c1-29-6-7-36-20-11-17-14(10-19(20)35-3)25(32-12-31-17)37-23-15(26)8-13(9-16(23)27)22-21(24(28)33)18(34-2)4-5-30-22/h4-5,8-12,29H,6-7H2,1-3H3,(H2,28,33). The first-order chi connectivity index (χ1) is 17.9. The van der Waals surface area contributed by atoms with Crippen LogP contribution >= 0.6 is 0 Å². The molecule has 10 nitrogen and oxygen atoms in total. The zero-order chi connectivity index (χ0) is 26.5. The third kappa shape index (κ3) is 5.19. The van der Waals surface area contributed by atoms with Crippen molar-refractivity contribution in [1.29, 1.82) is 0 Å². The van der Waals surface area contributed by atoms with Crippen LogP contribution < -0.4 is 30.0 Å². The van der Waals surface area contributed by atoms with Crippen LogP contribution in [0.2, 0.25) is 0 Å². The van der Waals surface area contributed by atoms with Gasteiger partial charge in [0.1, 0.15) is 24.2 Å². The zero-order valence-electron chi connectivity index (χ0n) is 20.2. The molecule has 0 atom stereocenters. The van der Waals surface area contributed by atoms with E-state index in [9.17, 15) is 4.79 Å². The van der Waals surface area contributed by atoms with Gasteiger partial charge in [-0.15, -0.1) is 0 Å². The number of likely N-dealkylation sites (N-methyl/N-ethyl adjacent to an activating group) is 1. The first-order valence-corrected chi connectivity index (χ1v) is 11.0. The number of carbonyl (C=O) groups is 1. The Hall–Kier alpha value is -4.58. The third-order valence-electron chi connectivity index (χ3n) is 5.34. The van der Waals surface area contributed by atoms with Crippen molar-refractivity contribution in [3.63, 3.8) is 0 Å². The molecule has 37 heavy (non-hydrogen) atoms. The first kappa shape index (κ1) is 25.5. The molecule has 0 saturated heterocycles. The molecule has 0 aliphatic carbocycles. The lowest BCUT2D eigenvalue weighted by molar-refractivity contribution is 0.0997. The van der Waals surface area contributed by atoms with Gasteiger partial charge in [0.05, 0.1) is 30.8 Å². The molecule has 0 spiro atoms. The molecule has 3 N–H and O–H groups in total. The Morgan fingerprint density at radius 2 is 1.73 bits per heavy atom. The number of nitrogens with two attached hydrogens (primary N) is 1. The number of hydrogen-bond acceptors (Lipinski definition) is 9. The summed E-state index contributed by atoms with van der Waals surface area (Å²) < 4.78 is 52.1. The van der Waals surface area contributed by atoms with Crippen molar-refractivity contribution in [2.24, 2.45) is 5.73 Å². The van der Waals surface area contributed by atoms with E-state index in [2.05, 4.69) is 20.3 Å². The van der Waals surface area contributed by atoms with Gasteiger partial charge in [-0.25, -0.2) is 18.7 Å². The van der Waals surface area contributed by atoms with Crippen molar-refractivity contribution >= 4 is 16.8 Å². The van der Waals surface area contributed by atoms with Crippen LogP contribution in [0.5, 0.6) is 28.9 Å². The van der Waals surface area contributed by atoms with E-state index < -0.39 is 23.3 Å². The van der Waals surface area contributed by atoms with Crippen LogP contribution in [0, 0.1) is 11.6 Å². The highest BCUT2D eigenvalue weighted by Crippen LogP contribution is 2.38. The smallest absolute Gasteiger partial charge is 0.254 e. The van der Waals surface area contributed by atoms with Crippen molar-refractivity contribution in [2.75, 3.05) is 34.4 Å². The van der Waals surface area contributed by atoms with Gasteiger partial charge in [-0.3, -0.25) is 9.78 Å². The summed E-state index contributed by atoms with van der Waals surface area (Å²) in [7, 11) is 4.59. The Morgan fingerprint density at radius 1 is 1.00 bits per heavy atom. The number of fused-ring (bicyclic) bond motifs is 1. The van der Waals surface area contributed by atoms with E-state index in [0.717, 1.165) is 12.1 Å². The molecule has 4 aromatic rings. The van der Waals surface area contributed by atoms with E-state index in [1.54, 1.807) is 19.2 Å². The topological polar surface area (TPSA) is 131 Å². The normalized spacial score (nSPS) is 10.8. The SMILES string of the molecule is CNCCOc1cc2ncnc(Oc3c(F)cc(-c4nccc(OC)c4C(N)=O)cc3F)c2cc1OC. The molecule has 12 heteroatoms. The molecular weight excluding hydrogens is 488 g/mol. The number of methoxy groups -OCH3 is 2. The molecule has 4 rings (SSSR count). The fraction of sp³-hybridized carbons (Fsp3) is 0.200. The summed E-state index contributed by atoms with van der Waals surface area (Å²) in [6, 6.07) is 6.55. The van der Waals surface area contributed by atoms with Crippen LogP contribution in [0.15, 0.2) is 42.9 Å². The molecule has 0 aliphatic rings. The van der Waals surface area contributed by atoms with Gasteiger partial charge in [0.2, 0.25) is 11.6 Å². The molecular formula is C25H23F2N5O5. The number of primary amides is 1. The second-order valence-corrected chi connectivity index (χ2v) is 7.62. The van der Waals surface area contributed by atoms with E-state index in [1.165, 1.54) is 32.8 Å². The monoisotopic (exact) mass is 511 g/mol. The molecule has 2 aromatic carbocycles. The lowest BCUT2D eigenvalue weighted by Gasteiger charge is -2.14. The van der Waals surface area contributed by atoms with Gasteiger partial charge >= 0.3 is 0 Å². The number of benzene rings is 2. The minimum absolute atomic E-state index is 0.0346. The van der Waals surface area contributed by atoms with Gasteiger partial charge < -0.3 is 30.0 Å². The molecule has 1 amide bonds. The van der Waals surface area contributed by atoms with Crippen LogP contribution in [0.1, 0.15) is 10.4 Å². The van der Waals surface area contributed by atoms with E-state index >= 15 is 8.78 Å². The predicted octanol–water partition coefficient (Wildman–Crippen LogP) is 3.48. The maximum Gasteiger partial charge on any atom is 0.254 e. The third-order valence-corrected chi connectivity index (χ3v) is 5.34. The number of ether oxygens (including phenoxy) is 4. The number of aromatic nitrogens is 3. The van der Waals surface area contributed by atoms with Crippen LogP contribution in [0.4, 0.5) is 8.78 Å². The van der Waals surface area contributed by atoms with Crippen molar-refractivity contribution < 1.29 is 32.5 Å². The number of pyridine rings is 1. The summed E-state index contributed by atoms with van der Waals surface area (Å²) >= 11 is 0. The molecule has 0 bridgehead atoms. The fourth-order valence-electron chi connectivity index (χ4n) is 3.62. The lowest BCUT2D eigenvalue weighted by atomic mass is 10.0. The van der Waals surface area contributed by atoms with Gasteiger partial charge in [0.25, 0.3) is 5.91 Å². The second kappa shape index (κ2) is 11.0. The molecule has 0 unspecified atom stereocenters. The summed E-state index contributed by atoms with van der Waals surface area (Å²) in [6.07, 6.45) is 2.53. The Kier molecular flexibility index (Phi) is 7.58. The van der Waals surface area contributed by atoms with Crippen molar-refractivity contribution in [3.05, 3.63) is 60.1 Å². The number of nitrogens with zero attached hydrogens (tertiary/aromatic N) is 3. The maximum absolute atomic E-state index is 15.1. The van der Waals surface area contributed by atoms with Gasteiger partial charge in [-0.1, -0.05) is 0 Å². The summed E-state index contributed by atoms with van der Waals surface area (Å²) in [4.78, 5) is 24.3. The molecule has 0 aliphatic heterocycles. The highest BCUT2D eigenvalue weighted by atomic mass is 19.1. The summed E-state index contributed by atoms with van der Waals surface area (Å²) in [5.74, 6) is -2.86. The molecule has 0 radical (unpaired) electrons. The number of halogens is 2. The largest absolute Gasteiger partial charge is 0.496 e. The number of carbonyl (C=O) groups excluding carboxylic acids is 1. The number of nitrogens with one attached hydrogen (secondary N) is 1.